The zero-order valence-corrected chi connectivity index (χ0v) is 18.8. The summed E-state index contributed by atoms with van der Waals surface area (Å²) in [6.07, 6.45) is 1.58. The van der Waals surface area contributed by atoms with Gasteiger partial charge >= 0.3 is 11.9 Å². The number of carbonyl (C=O) groups excluding carboxylic acids is 2. The fourth-order valence-corrected chi connectivity index (χ4v) is 3.30. The van der Waals surface area contributed by atoms with Crippen LogP contribution in [-0.4, -0.2) is 24.4 Å². The molecule has 4 rings (SSSR count). The Morgan fingerprint density at radius 3 is 2.58 bits per heavy atom. The number of hydrogen-bond donors (Lipinski definition) is 0. The number of hydrogen-bond acceptors (Lipinski definition) is 6. The van der Waals surface area contributed by atoms with Gasteiger partial charge in [0.25, 0.3) is 0 Å². The smallest absolute Gasteiger partial charge is 0.363 e. The second-order valence-electron chi connectivity index (χ2n) is 7.19. The highest BCUT2D eigenvalue weighted by atomic mass is 35.5. The second kappa shape index (κ2) is 9.71. The van der Waals surface area contributed by atoms with Crippen LogP contribution < -0.4 is 9.47 Å². The number of ether oxygens (including phenoxy) is 3. The van der Waals surface area contributed by atoms with E-state index in [9.17, 15) is 9.59 Å². The Balaban J connectivity index is 1.60. The molecule has 166 valence electrons. The molecule has 1 aliphatic rings. The summed E-state index contributed by atoms with van der Waals surface area (Å²) in [5.74, 6) is -0.226. The molecule has 7 heteroatoms. The highest BCUT2D eigenvalue weighted by molar-refractivity contribution is 6.31. The Morgan fingerprint density at radius 2 is 1.85 bits per heavy atom. The van der Waals surface area contributed by atoms with Gasteiger partial charge in [-0.1, -0.05) is 41.9 Å². The van der Waals surface area contributed by atoms with Gasteiger partial charge in [0, 0.05) is 10.6 Å². The van der Waals surface area contributed by atoms with Crippen LogP contribution in [-0.2, 0) is 9.53 Å². The van der Waals surface area contributed by atoms with Gasteiger partial charge in [0.05, 0.1) is 12.2 Å². The van der Waals surface area contributed by atoms with Crippen molar-refractivity contribution in [3.63, 3.8) is 0 Å². The van der Waals surface area contributed by atoms with Crippen LogP contribution in [0.2, 0.25) is 5.02 Å². The number of aryl methyl sites for hydroxylation is 1. The van der Waals surface area contributed by atoms with Crippen molar-refractivity contribution < 1.29 is 23.8 Å². The Hall–Kier alpha value is -3.90. The van der Waals surface area contributed by atoms with Gasteiger partial charge in [-0.15, -0.1) is 0 Å². The number of halogens is 1. The molecule has 6 nitrogen and oxygen atoms in total. The Kier molecular flexibility index (Phi) is 6.56. The van der Waals surface area contributed by atoms with Crippen molar-refractivity contribution in [2.45, 2.75) is 13.8 Å². The Bertz CT molecular complexity index is 1280. The average Bonchev–Trinajstić information content (AvgIpc) is 3.18. The van der Waals surface area contributed by atoms with Gasteiger partial charge in [-0.2, -0.15) is 0 Å². The number of aliphatic imine (C=N–C) groups is 1. The molecule has 0 N–H and O–H groups in total. The summed E-state index contributed by atoms with van der Waals surface area (Å²) >= 11 is 6.17. The third-order valence-electron chi connectivity index (χ3n) is 4.82. The number of rotatable bonds is 6. The van der Waals surface area contributed by atoms with Gasteiger partial charge in [-0.3, -0.25) is 0 Å². The quantitative estimate of drug-likeness (QED) is 0.271. The summed E-state index contributed by atoms with van der Waals surface area (Å²) in [4.78, 5) is 29.1. The van der Waals surface area contributed by atoms with E-state index in [2.05, 4.69) is 4.99 Å². The molecule has 0 unspecified atom stereocenters. The molecule has 0 amide bonds. The zero-order valence-electron chi connectivity index (χ0n) is 18.0. The van der Waals surface area contributed by atoms with Gasteiger partial charge in [0.2, 0.25) is 5.90 Å². The topological polar surface area (TPSA) is 74.2 Å². The molecule has 0 atom stereocenters. The van der Waals surface area contributed by atoms with E-state index in [0.29, 0.717) is 34.1 Å². The lowest BCUT2D eigenvalue weighted by Crippen LogP contribution is -2.09. The normalized spacial score (nSPS) is 14.1. The Morgan fingerprint density at radius 1 is 1.06 bits per heavy atom. The van der Waals surface area contributed by atoms with Crippen molar-refractivity contribution in [2.75, 3.05) is 6.61 Å². The molecule has 0 saturated heterocycles. The van der Waals surface area contributed by atoms with Gasteiger partial charge < -0.3 is 14.2 Å². The predicted octanol–water partition coefficient (Wildman–Crippen LogP) is 5.61. The van der Waals surface area contributed by atoms with Crippen molar-refractivity contribution in [1.82, 2.24) is 0 Å². The maximum Gasteiger partial charge on any atom is 0.363 e. The standard InChI is InChI=1S/C26H20ClNO5/c1-3-31-23-14-17(10-12-22(23)32-25(29)18-7-5-4-6-8-18)13-21-26(30)33-24(28-21)19-11-9-16(2)20(27)15-19/h4-15H,3H2,1-2H3/b21-13-. The lowest BCUT2D eigenvalue weighted by atomic mass is 10.1. The molecule has 0 radical (unpaired) electrons. The minimum atomic E-state index is -0.570. The van der Waals surface area contributed by atoms with E-state index in [0.717, 1.165) is 5.56 Å². The van der Waals surface area contributed by atoms with E-state index in [4.69, 9.17) is 25.8 Å². The van der Waals surface area contributed by atoms with Crippen LogP contribution in [0.15, 0.2) is 77.4 Å². The van der Waals surface area contributed by atoms with Gasteiger partial charge in [0.15, 0.2) is 17.2 Å². The van der Waals surface area contributed by atoms with E-state index in [1.165, 1.54) is 0 Å². The molecule has 0 fully saturated rings. The molecular weight excluding hydrogens is 442 g/mol. The number of cyclic esters (lactones) is 1. The lowest BCUT2D eigenvalue weighted by Gasteiger charge is -2.11. The number of benzene rings is 3. The average molecular weight is 462 g/mol. The molecule has 0 spiro atoms. The minimum absolute atomic E-state index is 0.137. The summed E-state index contributed by atoms with van der Waals surface area (Å²) in [5, 5.41) is 0.561. The highest BCUT2D eigenvalue weighted by Gasteiger charge is 2.24. The molecule has 0 bridgehead atoms. The molecule has 1 aliphatic heterocycles. The van der Waals surface area contributed by atoms with Crippen molar-refractivity contribution >= 4 is 35.5 Å². The second-order valence-corrected chi connectivity index (χ2v) is 7.60. The first-order chi connectivity index (χ1) is 15.9. The first-order valence-electron chi connectivity index (χ1n) is 10.3. The molecule has 0 aromatic heterocycles. The third kappa shape index (κ3) is 5.13. The SMILES string of the molecule is CCOc1cc(/C=C2\N=C(c3ccc(C)c(Cl)c3)OC2=O)ccc1OC(=O)c1ccccc1. The summed E-state index contributed by atoms with van der Waals surface area (Å²) in [6.45, 7) is 4.08. The molecule has 3 aromatic rings. The molecule has 0 aliphatic carbocycles. The van der Waals surface area contributed by atoms with Crippen molar-refractivity contribution in [3.05, 3.63) is 99.7 Å². The Labute approximate surface area is 196 Å². The molecule has 33 heavy (non-hydrogen) atoms. The van der Waals surface area contributed by atoms with Crippen LogP contribution in [0.4, 0.5) is 0 Å². The van der Waals surface area contributed by atoms with Crippen LogP contribution in [0.5, 0.6) is 11.5 Å². The number of carbonyl (C=O) groups is 2. The summed E-state index contributed by atoms with van der Waals surface area (Å²) in [6, 6.07) is 19.0. The first kappa shape index (κ1) is 22.3. The van der Waals surface area contributed by atoms with Crippen molar-refractivity contribution in [2.24, 2.45) is 4.99 Å². The van der Waals surface area contributed by atoms with E-state index in [1.807, 2.05) is 26.0 Å². The lowest BCUT2D eigenvalue weighted by molar-refractivity contribution is -0.129. The summed E-state index contributed by atoms with van der Waals surface area (Å²) in [5.41, 5.74) is 2.73. The fourth-order valence-electron chi connectivity index (χ4n) is 3.12. The highest BCUT2D eigenvalue weighted by Crippen LogP contribution is 2.31. The van der Waals surface area contributed by atoms with Crippen LogP contribution in [0.1, 0.15) is 34.0 Å². The van der Waals surface area contributed by atoms with Crippen molar-refractivity contribution in [1.29, 1.82) is 0 Å². The largest absolute Gasteiger partial charge is 0.490 e. The third-order valence-corrected chi connectivity index (χ3v) is 5.23. The first-order valence-corrected chi connectivity index (χ1v) is 10.7. The van der Waals surface area contributed by atoms with E-state index < -0.39 is 11.9 Å². The van der Waals surface area contributed by atoms with Crippen LogP contribution in [0, 0.1) is 6.92 Å². The maximum atomic E-state index is 12.4. The molecular formula is C26H20ClNO5. The minimum Gasteiger partial charge on any atom is -0.490 e. The van der Waals surface area contributed by atoms with Crippen LogP contribution >= 0.6 is 11.6 Å². The predicted molar refractivity (Wildman–Crippen MR) is 126 cm³/mol. The maximum absolute atomic E-state index is 12.4. The van der Waals surface area contributed by atoms with Crippen LogP contribution in [0.25, 0.3) is 6.08 Å². The van der Waals surface area contributed by atoms with E-state index in [-0.39, 0.29) is 17.3 Å². The summed E-state index contributed by atoms with van der Waals surface area (Å²) in [7, 11) is 0. The van der Waals surface area contributed by atoms with Gasteiger partial charge in [-0.05, 0) is 67.4 Å². The van der Waals surface area contributed by atoms with Gasteiger partial charge in [-0.25, -0.2) is 14.6 Å². The monoisotopic (exact) mass is 461 g/mol. The van der Waals surface area contributed by atoms with Crippen LogP contribution in [0.3, 0.4) is 0 Å². The molecule has 1 heterocycles. The number of nitrogens with zero attached hydrogens (tertiary/aromatic N) is 1. The molecule has 0 saturated carbocycles. The fraction of sp³-hybridized carbons (Fsp3) is 0.115. The summed E-state index contributed by atoms with van der Waals surface area (Å²) < 4.78 is 16.5. The number of esters is 2. The molecule has 3 aromatic carbocycles. The van der Waals surface area contributed by atoms with E-state index >= 15 is 0 Å². The zero-order chi connectivity index (χ0) is 23.4. The van der Waals surface area contributed by atoms with E-state index in [1.54, 1.807) is 60.7 Å². The van der Waals surface area contributed by atoms with Crippen molar-refractivity contribution in [3.8, 4) is 11.5 Å². The van der Waals surface area contributed by atoms with Gasteiger partial charge in [0.1, 0.15) is 0 Å².